The fourth-order valence-electron chi connectivity index (χ4n) is 3.97. The third kappa shape index (κ3) is 20.1. The Balaban J connectivity index is 3.76. The SMILES string of the molecule is CCCCCCCCC(CCCCCCCC)CCCCCCCN. The van der Waals surface area contributed by atoms with Crippen molar-refractivity contribution in [2.45, 2.75) is 142 Å². The Morgan fingerprint density at radius 1 is 0.440 bits per heavy atom. The van der Waals surface area contributed by atoms with Gasteiger partial charge in [0, 0.05) is 0 Å². The van der Waals surface area contributed by atoms with Crippen LogP contribution in [0.15, 0.2) is 0 Å². The highest BCUT2D eigenvalue weighted by Crippen LogP contribution is 2.24. The molecule has 0 aliphatic carbocycles. The van der Waals surface area contributed by atoms with Gasteiger partial charge < -0.3 is 5.73 Å². The fourth-order valence-corrected chi connectivity index (χ4v) is 3.97. The number of nitrogens with two attached hydrogens (primary N) is 1. The Morgan fingerprint density at radius 2 is 0.760 bits per heavy atom. The van der Waals surface area contributed by atoms with Crippen LogP contribution >= 0.6 is 0 Å². The molecule has 0 spiro atoms. The summed E-state index contributed by atoms with van der Waals surface area (Å²) >= 11 is 0. The van der Waals surface area contributed by atoms with Crippen LogP contribution in [0.1, 0.15) is 142 Å². The van der Waals surface area contributed by atoms with Crippen molar-refractivity contribution in [3.05, 3.63) is 0 Å². The van der Waals surface area contributed by atoms with E-state index in [2.05, 4.69) is 13.8 Å². The lowest BCUT2D eigenvalue weighted by Crippen LogP contribution is -2.02. The smallest absolute Gasteiger partial charge is 0.00773 e. The first-order valence-electron chi connectivity index (χ1n) is 12.0. The van der Waals surface area contributed by atoms with E-state index in [9.17, 15) is 0 Å². The third-order valence-corrected chi connectivity index (χ3v) is 5.75. The first-order chi connectivity index (χ1) is 12.3. The second kappa shape index (κ2) is 22.0. The summed E-state index contributed by atoms with van der Waals surface area (Å²) in [4.78, 5) is 0. The highest BCUT2D eigenvalue weighted by molar-refractivity contribution is 4.62. The molecule has 1 heteroatoms. The lowest BCUT2D eigenvalue weighted by atomic mass is 9.89. The van der Waals surface area contributed by atoms with E-state index in [-0.39, 0.29) is 0 Å². The maximum atomic E-state index is 5.59. The van der Waals surface area contributed by atoms with Crippen molar-refractivity contribution in [2.75, 3.05) is 6.54 Å². The Hall–Kier alpha value is -0.0400. The van der Waals surface area contributed by atoms with Crippen LogP contribution in [0.2, 0.25) is 0 Å². The molecule has 0 aliphatic rings. The van der Waals surface area contributed by atoms with E-state index in [0.717, 1.165) is 12.5 Å². The molecule has 0 saturated carbocycles. The first-order valence-corrected chi connectivity index (χ1v) is 12.0. The van der Waals surface area contributed by atoms with Crippen molar-refractivity contribution in [3.8, 4) is 0 Å². The molecule has 152 valence electrons. The zero-order chi connectivity index (χ0) is 18.4. The second-order valence-corrected chi connectivity index (χ2v) is 8.32. The fraction of sp³-hybridized carbons (Fsp3) is 1.00. The molecule has 0 amide bonds. The van der Waals surface area contributed by atoms with Gasteiger partial charge in [0.15, 0.2) is 0 Å². The van der Waals surface area contributed by atoms with Crippen LogP contribution in [0.25, 0.3) is 0 Å². The molecule has 1 nitrogen and oxygen atoms in total. The predicted molar refractivity (Wildman–Crippen MR) is 116 cm³/mol. The van der Waals surface area contributed by atoms with Crippen molar-refractivity contribution >= 4 is 0 Å². The molecule has 2 N–H and O–H groups in total. The quantitative estimate of drug-likeness (QED) is 0.206. The van der Waals surface area contributed by atoms with Gasteiger partial charge in [-0.15, -0.1) is 0 Å². The van der Waals surface area contributed by atoms with Crippen molar-refractivity contribution in [3.63, 3.8) is 0 Å². The summed E-state index contributed by atoms with van der Waals surface area (Å²) in [6.45, 7) is 5.49. The summed E-state index contributed by atoms with van der Waals surface area (Å²) in [7, 11) is 0. The number of hydrogen-bond donors (Lipinski definition) is 1. The normalized spacial score (nSPS) is 11.5. The largest absolute Gasteiger partial charge is 0.330 e. The van der Waals surface area contributed by atoms with Crippen molar-refractivity contribution in [1.82, 2.24) is 0 Å². The molecular formula is C24H51N. The number of hydrogen-bond acceptors (Lipinski definition) is 1. The van der Waals surface area contributed by atoms with Crippen molar-refractivity contribution in [1.29, 1.82) is 0 Å². The molecule has 0 atom stereocenters. The molecule has 0 aliphatic heterocycles. The van der Waals surface area contributed by atoms with Crippen molar-refractivity contribution in [2.24, 2.45) is 11.7 Å². The van der Waals surface area contributed by atoms with E-state index in [1.54, 1.807) is 0 Å². The Kier molecular flexibility index (Phi) is 22.0. The molecule has 0 unspecified atom stereocenters. The van der Waals surface area contributed by atoms with Crippen LogP contribution in [0, 0.1) is 5.92 Å². The van der Waals surface area contributed by atoms with E-state index in [1.807, 2.05) is 0 Å². The van der Waals surface area contributed by atoms with Gasteiger partial charge in [-0.2, -0.15) is 0 Å². The third-order valence-electron chi connectivity index (χ3n) is 5.75. The van der Waals surface area contributed by atoms with Gasteiger partial charge in [-0.1, -0.05) is 136 Å². The van der Waals surface area contributed by atoms with Gasteiger partial charge in [0.1, 0.15) is 0 Å². The molecule has 0 fully saturated rings. The van der Waals surface area contributed by atoms with Crippen molar-refractivity contribution < 1.29 is 0 Å². The molecule has 25 heavy (non-hydrogen) atoms. The standard InChI is InChI=1S/C24H51N/c1-3-5-7-9-12-16-20-24(21-17-13-10-8-6-4-2)22-18-14-11-15-19-23-25/h24H,3-23,25H2,1-2H3. The molecule has 0 rings (SSSR count). The van der Waals surface area contributed by atoms with Crippen LogP contribution in [0.3, 0.4) is 0 Å². The summed E-state index contributed by atoms with van der Waals surface area (Å²) < 4.78 is 0. The highest BCUT2D eigenvalue weighted by atomic mass is 14.5. The van der Waals surface area contributed by atoms with Gasteiger partial charge >= 0.3 is 0 Å². The van der Waals surface area contributed by atoms with E-state index in [4.69, 9.17) is 5.73 Å². The highest BCUT2D eigenvalue weighted by Gasteiger charge is 2.08. The van der Waals surface area contributed by atoms with E-state index < -0.39 is 0 Å². The van der Waals surface area contributed by atoms with E-state index in [0.29, 0.717) is 0 Å². The summed E-state index contributed by atoms with van der Waals surface area (Å²) in [6, 6.07) is 0. The Morgan fingerprint density at radius 3 is 1.12 bits per heavy atom. The topological polar surface area (TPSA) is 26.0 Å². The van der Waals surface area contributed by atoms with E-state index in [1.165, 1.54) is 128 Å². The summed E-state index contributed by atoms with van der Waals surface area (Å²) in [5.74, 6) is 1.02. The maximum Gasteiger partial charge on any atom is -0.00773 e. The van der Waals surface area contributed by atoms with Crippen LogP contribution in [0.5, 0.6) is 0 Å². The molecule has 0 aromatic heterocycles. The molecule has 0 heterocycles. The maximum absolute atomic E-state index is 5.59. The van der Waals surface area contributed by atoms with Crippen LogP contribution in [-0.4, -0.2) is 6.54 Å². The minimum absolute atomic E-state index is 0.874. The molecular weight excluding hydrogens is 302 g/mol. The molecule has 0 radical (unpaired) electrons. The number of unbranched alkanes of at least 4 members (excludes halogenated alkanes) is 14. The van der Waals surface area contributed by atoms with Gasteiger partial charge in [0.2, 0.25) is 0 Å². The van der Waals surface area contributed by atoms with Crippen LogP contribution in [0.4, 0.5) is 0 Å². The first kappa shape index (κ1) is 25.0. The monoisotopic (exact) mass is 353 g/mol. The van der Waals surface area contributed by atoms with E-state index >= 15 is 0 Å². The summed E-state index contributed by atoms with van der Waals surface area (Å²) in [6.07, 6.45) is 28.7. The molecule has 0 saturated heterocycles. The predicted octanol–water partition coefficient (Wildman–Crippen LogP) is 8.40. The minimum Gasteiger partial charge on any atom is -0.330 e. The Bertz CT molecular complexity index is 188. The average Bonchev–Trinajstić information content (AvgIpc) is 2.63. The van der Waals surface area contributed by atoms with Gasteiger partial charge in [-0.3, -0.25) is 0 Å². The lowest BCUT2D eigenvalue weighted by molar-refractivity contribution is 0.366. The molecule has 0 aromatic rings. The average molecular weight is 354 g/mol. The van der Waals surface area contributed by atoms with Gasteiger partial charge in [-0.05, 0) is 18.9 Å². The lowest BCUT2D eigenvalue weighted by Gasteiger charge is -2.17. The van der Waals surface area contributed by atoms with Gasteiger partial charge in [0.25, 0.3) is 0 Å². The molecule has 0 aromatic carbocycles. The summed E-state index contributed by atoms with van der Waals surface area (Å²) in [5, 5.41) is 0. The zero-order valence-corrected chi connectivity index (χ0v) is 18.0. The Labute approximate surface area is 160 Å². The van der Waals surface area contributed by atoms with Gasteiger partial charge in [-0.25, -0.2) is 0 Å². The zero-order valence-electron chi connectivity index (χ0n) is 18.0. The minimum atomic E-state index is 0.874. The molecule has 0 bridgehead atoms. The second-order valence-electron chi connectivity index (χ2n) is 8.32. The van der Waals surface area contributed by atoms with Crippen LogP contribution < -0.4 is 5.73 Å². The van der Waals surface area contributed by atoms with Gasteiger partial charge in [0.05, 0.1) is 0 Å². The van der Waals surface area contributed by atoms with Crippen LogP contribution in [-0.2, 0) is 0 Å². The summed E-state index contributed by atoms with van der Waals surface area (Å²) in [5.41, 5.74) is 5.59. The number of rotatable bonds is 21.